The lowest BCUT2D eigenvalue weighted by Crippen LogP contribution is -2.15. The van der Waals surface area contributed by atoms with Gasteiger partial charge < -0.3 is 14.2 Å². The van der Waals surface area contributed by atoms with Crippen LogP contribution >= 0.6 is 0 Å². The molecule has 1 aliphatic rings. The molecule has 2 aromatic carbocycles. The highest BCUT2D eigenvalue weighted by molar-refractivity contribution is 6.08. The summed E-state index contributed by atoms with van der Waals surface area (Å²) in [6, 6.07) is 11.8. The predicted octanol–water partition coefficient (Wildman–Crippen LogP) is 3.95. The number of hydrogen-bond donors (Lipinski definition) is 1. The number of H-pyrrole nitrogens is 1. The van der Waals surface area contributed by atoms with Crippen molar-refractivity contribution in [1.29, 1.82) is 0 Å². The molecule has 0 bridgehead atoms. The molecular formula is C20H17N3O3. The minimum atomic E-state index is 0.558. The number of fused-ring (bicyclic) bond motifs is 4. The Kier molecular flexibility index (Phi) is 3.41. The van der Waals surface area contributed by atoms with E-state index < -0.39 is 0 Å². The highest BCUT2D eigenvalue weighted by atomic mass is 16.6. The number of pyridine rings is 1. The van der Waals surface area contributed by atoms with Gasteiger partial charge in [0.15, 0.2) is 11.5 Å². The van der Waals surface area contributed by atoms with Crippen molar-refractivity contribution in [3.63, 3.8) is 0 Å². The van der Waals surface area contributed by atoms with Gasteiger partial charge in [-0.3, -0.25) is 10.1 Å². The fourth-order valence-corrected chi connectivity index (χ4v) is 3.30. The maximum atomic E-state index is 5.71. The fourth-order valence-electron chi connectivity index (χ4n) is 3.30. The highest BCUT2D eigenvalue weighted by Gasteiger charge is 2.17. The molecule has 6 nitrogen and oxygen atoms in total. The van der Waals surface area contributed by atoms with Crippen LogP contribution in [-0.2, 0) is 0 Å². The van der Waals surface area contributed by atoms with Crippen LogP contribution in [0.5, 0.6) is 17.2 Å². The molecule has 1 aliphatic heterocycles. The molecule has 0 aliphatic carbocycles. The van der Waals surface area contributed by atoms with Gasteiger partial charge in [-0.1, -0.05) is 0 Å². The topological polar surface area (TPSA) is 69.3 Å². The Hall–Kier alpha value is -3.28. The summed E-state index contributed by atoms with van der Waals surface area (Å²) in [5.41, 5.74) is 3.67. The quantitative estimate of drug-likeness (QED) is 0.608. The van der Waals surface area contributed by atoms with E-state index in [1.807, 2.05) is 49.5 Å². The zero-order valence-electron chi connectivity index (χ0n) is 14.3. The van der Waals surface area contributed by atoms with Crippen molar-refractivity contribution in [1.82, 2.24) is 15.2 Å². The highest BCUT2D eigenvalue weighted by Crippen LogP contribution is 2.37. The first-order valence-electron chi connectivity index (χ1n) is 8.63. The van der Waals surface area contributed by atoms with Crippen LogP contribution in [0.4, 0.5) is 0 Å². The zero-order chi connectivity index (χ0) is 17.5. The molecule has 0 saturated carbocycles. The Morgan fingerprint density at radius 1 is 1.04 bits per heavy atom. The summed E-state index contributed by atoms with van der Waals surface area (Å²) < 4.78 is 16.9. The summed E-state index contributed by atoms with van der Waals surface area (Å²) in [5, 5.41) is 9.62. The van der Waals surface area contributed by atoms with Crippen LogP contribution in [0.25, 0.3) is 33.1 Å². The number of aromatic amines is 1. The summed E-state index contributed by atoms with van der Waals surface area (Å²) in [6.45, 7) is 3.74. The third-order valence-corrected chi connectivity index (χ3v) is 4.51. The number of rotatable bonds is 3. The second-order valence-electron chi connectivity index (χ2n) is 6.09. The fraction of sp³-hybridized carbons (Fsp3) is 0.200. The van der Waals surface area contributed by atoms with Gasteiger partial charge in [-0.2, -0.15) is 5.10 Å². The molecule has 130 valence electrons. The molecule has 2 aromatic heterocycles. The van der Waals surface area contributed by atoms with Crippen LogP contribution in [0.15, 0.2) is 42.6 Å². The summed E-state index contributed by atoms with van der Waals surface area (Å²) in [6.07, 6.45) is 1.85. The number of nitrogens with zero attached hydrogens (tertiary/aromatic N) is 2. The lowest BCUT2D eigenvalue weighted by atomic mass is 10.1. The van der Waals surface area contributed by atoms with E-state index in [0.29, 0.717) is 19.8 Å². The van der Waals surface area contributed by atoms with Gasteiger partial charge in [0.2, 0.25) is 0 Å². The van der Waals surface area contributed by atoms with Crippen LogP contribution in [0.1, 0.15) is 6.92 Å². The van der Waals surface area contributed by atoms with E-state index in [4.69, 9.17) is 14.2 Å². The number of ether oxygens (including phenoxy) is 3. The van der Waals surface area contributed by atoms with Crippen molar-refractivity contribution < 1.29 is 14.2 Å². The SMILES string of the molecule is CCOc1ccc(-c2n[nH]c3c2cnc2cc4c(cc23)OCCO4)cc1. The largest absolute Gasteiger partial charge is 0.494 e. The number of aromatic nitrogens is 3. The molecular weight excluding hydrogens is 330 g/mol. The molecule has 0 unspecified atom stereocenters. The molecule has 1 N–H and O–H groups in total. The number of nitrogens with one attached hydrogen (secondary N) is 1. The first-order valence-corrected chi connectivity index (χ1v) is 8.63. The monoisotopic (exact) mass is 347 g/mol. The third kappa shape index (κ3) is 2.34. The van der Waals surface area contributed by atoms with E-state index in [-0.39, 0.29) is 0 Å². The second kappa shape index (κ2) is 5.91. The first kappa shape index (κ1) is 15.0. The van der Waals surface area contributed by atoms with Crippen molar-refractivity contribution in [3.8, 4) is 28.5 Å². The van der Waals surface area contributed by atoms with Crippen LogP contribution in [0, 0.1) is 0 Å². The smallest absolute Gasteiger partial charge is 0.163 e. The van der Waals surface area contributed by atoms with E-state index in [1.54, 1.807) is 0 Å². The minimum absolute atomic E-state index is 0.558. The van der Waals surface area contributed by atoms with Crippen LogP contribution in [0.2, 0.25) is 0 Å². The van der Waals surface area contributed by atoms with Gasteiger partial charge in [0.1, 0.15) is 24.7 Å². The van der Waals surface area contributed by atoms with Crippen molar-refractivity contribution >= 4 is 21.8 Å². The molecule has 3 heterocycles. The van der Waals surface area contributed by atoms with Crippen molar-refractivity contribution in [2.75, 3.05) is 19.8 Å². The van der Waals surface area contributed by atoms with Gasteiger partial charge in [-0.05, 0) is 37.3 Å². The van der Waals surface area contributed by atoms with Gasteiger partial charge in [0, 0.05) is 28.6 Å². The van der Waals surface area contributed by atoms with E-state index in [1.165, 1.54) is 0 Å². The van der Waals surface area contributed by atoms with Gasteiger partial charge >= 0.3 is 0 Å². The molecule has 4 aromatic rings. The molecule has 0 fully saturated rings. The molecule has 6 heteroatoms. The summed E-state index contributed by atoms with van der Waals surface area (Å²) in [7, 11) is 0. The maximum Gasteiger partial charge on any atom is 0.163 e. The van der Waals surface area contributed by atoms with E-state index >= 15 is 0 Å². The summed E-state index contributed by atoms with van der Waals surface area (Å²) in [5.74, 6) is 2.33. The minimum Gasteiger partial charge on any atom is -0.494 e. The zero-order valence-corrected chi connectivity index (χ0v) is 14.3. The van der Waals surface area contributed by atoms with Gasteiger partial charge in [0.05, 0.1) is 17.6 Å². The Morgan fingerprint density at radius 3 is 2.58 bits per heavy atom. The summed E-state index contributed by atoms with van der Waals surface area (Å²) in [4.78, 5) is 4.60. The van der Waals surface area contributed by atoms with E-state index in [9.17, 15) is 0 Å². The second-order valence-corrected chi connectivity index (χ2v) is 6.09. The lowest BCUT2D eigenvalue weighted by Gasteiger charge is -2.18. The average molecular weight is 347 g/mol. The molecule has 0 saturated heterocycles. The van der Waals surface area contributed by atoms with Gasteiger partial charge in [-0.15, -0.1) is 0 Å². The maximum absolute atomic E-state index is 5.71. The van der Waals surface area contributed by atoms with Crippen molar-refractivity contribution in [2.24, 2.45) is 0 Å². The predicted molar refractivity (Wildman–Crippen MR) is 99.0 cm³/mol. The Morgan fingerprint density at radius 2 is 1.81 bits per heavy atom. The van der Waals surface area contributed by atoms with Gasteiger partial charge in [-0.25, -0.2) is 0 Å². The lowest BCUT2D eigenvalue weighted by molar-refractivity contribution is 0.172. The van der Waals surface area contributed by atoms with Crippen LogP contribution < -0.4 is 14.2 Å². The van der Waals surface area contributed by atoms with Gasteiger partial charge in [0.25, 0.3) is 0 Å². The van der Waals surface area contributed by atoms with Crippen molar-refractivity contribution in [2.45, 2.75) is 6.92 Å². The molecule has 0 atom stereocenters. The van der Waals surface area contributed by atoms with E-state index in [2.05, 4.69) is 15.2 Å². The van der Waals surface area contributed by atoms with Crippen LogP contribution in [-0.4, -0.2) is 35.0 Å². The molecule has 26 heavy (non-hydrogen) atoms. The average Bonchev–Trinajstić information content (AvgIpc) is 3.12. The normalized spacial score (nSPS) is 13.3. The number of hydrogen-bond acceptors (Lipinski definition) is 5. The molecule has 0 spiro atoms. The Balaban J connectivity index is 1.65. The van der Waals surface area contributed by atoms with E-state index in [0.717, 1.165) is 50.3 Å². The Labute approximate surface area is 149 Å². The molecule has 5 rings (SSSR count). The Bertz CT molecular complexity index is 1100. The first-order chi connectivity index (χ1) is 12.8. The van der Waals surface area contributed by atoms with Crippen molar-refractivity contribution in [3.05, 3.63) is 42.6 Å². The number of benzene rings is 2. The standard InChI is InChI=1S/C20H17N3O3/c1-2-24-13-5-3-12(4-6-13)19-15-11-21-16-10-18-17(25-7-8-26-18)9-14(16)20(15)23-22-19/h3-6,9-11H,2,7-8H2,1H3,(H,22,23). The summed E-state index contributed by atoms with van der Waals surface area (Å²) >= 11 is 0. The van der Waals surface area contributed by atoms with Crippen LogP contribution in [0.3, 0.4) is 0 Å². The molecule has 0 amide bonds. The third-order valence-electron chi connectivity index (χ3n) is 4.51. The molecule has 0 radical (unpaired) electrons.